The van der Waals surface area contributed by atoms with Gasteiger partial charge in [0.25, 0.3) is 0 Å². The summed E-state index contributed by atoms with van der Waals surface area (Å²) in [5, 5.41) is 52.9. The molecular formula is C31H43N5O7. The number of carbonyl (C=O) groups is 3. The predicted octanol–water partition coefficient (Wildman–Crippen LogP) is 0.808. The summed E-state index contributed by atoms with van der Waals surface area (Å²) in [6.07, 6.45) is 0.110. The minimum atomic E-state index is -2.62. The number of nitrogens with one attached hydrogen (secondary N) is 2. The Balaban J connectivity index is 1.64. The predicted molar refractivity (Wildman–Crippen MR) is 161 cm³/mol. The molecule has 0 aromatic heterocycles. The second-order valence-electron chi connectivity index (χ2n) is 13.7. The molecule has 7 atom stereocenters. The molecule has 1 heterocycles. The van der Waals surface area contributed by atoms with Crippen molar-refractivity contribution in [3.05, 3.63) is 40.8 Å². The number of nitrogens with two attached hydrogens (primary N) is 1. The summed E-state index contributed by atoms with van der Waals surface area (Å²) >= 11 is 0. The number of anilines is 2. The zero-order valence-electron chi connectivity index (χ0n) is 25.6. The number of likely N-dealkylation sites (N-methyl/N-ethyl adjacent to an activating group) is 1. The minimum Gasteiger partial charge on any atom is -0.508 e. The molecule has 12 nitrogen and oxygen atoms in total. The fourth-order valence-electron chi connectivity index (χ4n) is 8.05. The van der Waals surface area contributed by atoms with E-state index in [1.165, 1.54) is 0 Å². The van der Waals surface area contributed by atoms with Crippen LogP contribution in [0.15, 0.2) is 29.7 Å². The van der Waals surface area contributed by atoms with Crippen LogP contribution in [0.4, 0.5) is 11.4 Å². The second kappa shape index (κ2) is 10.2. The zero-order chi connectivity index (χ0) is 31.9. The lowest BCUT2D eigenvalue weighted by Gasteiger charge is -2.53. The van der Waals surface area contributed by atoms with Crippen molar-refractivity contribution in [2.24, 2.45) is 23.5 Å². The standard InChI is InChI=1S/C31H43N5O7/c1-13-8-15(12-30(2,3)34-13)33-18-11-19(35(4)5)16-9-14-10-17-23(36(6)7)26(39)22(29(32)42)28(41)31(17,43)27(40)20(14)25(38)21(16)24(18)37/h11,14-15,17,22-23,26,33-34,37,39-40,43H,1,8-10,12H2,2-7H3,(H2,32,42)/t14-,15?,17-,22?,23-,26?,31-/m0/s1. The van der Waals surface area contributed by atoms with Crippen LogP contribution >= 0.6 is 0 Å². The molecule has 12 heteroatoms. The van der Waals surface area contributed by atoms with E-state index < -0.39 is 58.7 Å². The van der Waals surface area contributed by atoms with Crippen LogP contribution in [-0.2, 0) is 16.0 Å². The number of phenols is 1. The Morgan fingerprint density at radius 3 is 2.37 bits per heavy atom. The Morgan fingerprint density at radius 1 is 1.16 bits per heavy atom. The number of hydrogen-bond acceptors (Lipinski definition) is 11. The molecule has 2 fully saturated rings. The van der Waals surface area contributed by atoms with E-state index in [1.54, 1.807) is 25.1 Å². The van der Waals surface area contributed by atoms with E-state index in [1.807, 2.05) is 19.0 Å². The highest BCUT2D eigenvalue weighted by Crippen LogP contribution is 2.54. The Morgan fingerprint density at radius 2 is 1.81 bits per heavy atom. The molecule has 3 unspecified atom stereocenters. The number of rotatable bonds is 5. The van der Waals surface area contributed by atoms with Crippen LogP contribution < -0.4 is 21.3 Å². The molecule has 1 saturated heterocycles. The van der Waals surface area contributed by atoms with Gasteiger partial charge >= 0.3 is 0 Å². The number of primary amides is 1. The van der Waals surface area contributed by atoms with E-state index in [2.05, 4.69) is 31.1 Å². The van der Waals surface area contributed by atoms with Gasteiger partial charge in [0.05, 0.1) is 17.4 Å². The molecule has 4 aliphatic rings. The molecule has 1 amide bonds. The molecular weight excluding hydrogens is 554 g/mol. The van der Waals surface area contributed by atoms with Crippen LogP contribution in [0.25, 0.3) is 0 Å². The van der Waals surface area contributed by atoms with Gasteiger partial charge in [-0.15, -0.1) is 0 Å². The van der Waals surface area contributed by atoms with Crippen LogP contribution in [0.3, 0.4) is 0 Å². The van der Waals surface area contributed by atoms with Crippen molar-refractivity contribution in [1.82, 2.24) is 10.2 Å². The average molecular weight is 598 g/mol. The van der Waals surface area contributed by atoms with Crippen molar-refractivity contribution < 1.29 is 34.8 Å². The first-order chi connectivity index (χ1) is 19.9. The van der Waals surface area contributed by atoms with Gasteiger partial charge in [-0.05, 0) is 64.8 Å². The van der Waals surface area contributed by atoms with Crippen LogP contribution in [0.2, 0.25) is 0 Å². The zero-order valence-corrected chi connectivity index (χ0v) is 25.6. The number of aliphatic hydroxyl groups is 3. The van der Waals surface area contributed by atoms with Gasteiger partial charge in [-0.2, -0.15) is 0 Å². The van der Waals surface area contributed by atoms with E-state index in [0.29, 0.717) is 23.4 Å². The number of fused-ring (bicyclic) bond motifs is 3. The lowest BCUT2D eigenvalue weighted by Crippen LogP contribution is -2.71. The molecule has 1 aliphatic heterocycles. The highest BCUT2D eigenvalue weighted by molar-refractivity contribution is 6.17. The number of Topliss-reactive ketones (excluding diaryl/α,β-unsaturated/α-hetero) is 2. The first-order valence-electron chi connectivity index (χ1n) is 14.6. The quantitative estimate of drug-likeness (QED) is 0.188. The van der Waals surface area contributed by atoms with Crippen molar-refractivity contribution in [2.75, 3.05) is 38.4 Å². The van der Waals surface area contributed by atoms with E-state index in [9.17, 15) is 34.8 Å². The summed E-state index contributed by atoms with van der Waals surface area (Å²) in [4.78, 5) is 43.6. The highest BCUT2D eigenvalue weighted by atomic mass is 16.3. The first kappa shape index (κ1) is 30.8. The van der Waals surface area contributed by atoms with Gasteiger partial charge in [0, 0.05) is 61.0 Å². The lowest BCUT2D eigenvalue weighted by atomic mass is 9.56. The molecule has 0 bridgehead atoms. The average Bonchev–Trinajstić information content (AvgIpc) is 2.86. The fraction of sp³-hybridized carbons (Fsp3) is 0.581. The molecule has 1 aromatic rings. The van der Waals surface area contributed by atoms with Gasteiger partial charge in [-0.25, -0.2) is 0 Å². The van der Waals surface area contributed by atoms with Gasteiger partial charge in [0.15, 0.2) is 17.2 Å². The highest BCUT2D eigenvalue weighted by Gasteiger charge is 2.66. The minimum absolute atomic E-state index is 0.0144. The van der Waals surface area contributed by atoms with E-state index in [-0.39, 0.29) is 41.3 Å². The number of ketones is 2. The molecule has 5 rings (SSSR count). The summed E-state index contributed by atoms with van der Waals surface area (Å²) in [6.45, 7) is 8.19. The van der Waals surface area contributed by atoms with E-state index >= 15 is 0 Å². The summed E-state index contributed by atoms with van der Waals surface area (Å²) in [7, 11) is 6.94. The normalized spacial score (nSPS) is 33.4. The maximum atomic E-state index is 14.3. The van der Waals surface area contributed by atoms with Gasteiger partial charge in [0.1, 0.15) is 17.4 Å². The number of aliphatic hydroxyl groups excluding tert-OH is 2. The Bertz CT molecular complexity index is 1450. The Kier molecular flexibility index (Phi) is 7.34. The number of carbonyl (C=O) groups excluding carboxylic acids is 3. The van der Waals surface area contributed by atoms with Crippen molar-refractivity contribution in [3.8, 4) is 5.75 Å². The van der Waals surface area contributed by atoms with Crippen molar-refractivity contribution >= 4 is 28.8 Å². The van der Waals surface area contributed by atoms with Crippen molar-refractivity contribution in [1.29, 1.82) is 0 Å². The van der Waals surface area contributed by atoms with E-state index in [4.69, 9.17) is 5.73 Å². The van der Waals surface area contributed by atoms with Crippen LogP contribution in [0.1, 0.15) is 49.0 Å². The lowest BCUT2D eigenvalue weighted by molar-refractivity contribution is -0.178. The molecule has 1 saturated carbocycles. The molecule has 43 heavy (non-hydrogen) atoms. The molecule has 1 aromatic carbocycles. The number of amides is 1. The fourth-order valence-corrected chi connectivity index (χ4v) is 8.05. The van der Waals surface area contributed by atoms with Gasteiger partial charge in [-0.1, -0.05) is 6.58 Å². The molecule has 8 N–H and O–H groups in total. The maximum absolute atomic E-state index is 14.3. The van der Waals surface area contributed by atoms with Crippen LogP contribution in [0.5, 0.6) is 5.75 Å². The molecule has 0 radical (unpaired) electrons. The maximum Gasteiger partial charge on any atom is 0.230 e. The van der Waals surface area contributed by atoms with Crippen LogP contribution in [0, 0.1) is 17.8 Å². The number of allylic oxidation sites excluding steroid dienone is 1. The summed E-state index contributed by atoms with van der Waals surface area (Å²) in [5.74, 6) is -7.55. The topological polar surface area (TPSA) is 189 Å². The third-order valence-corrected chi connectivity index (χ3v) is 9.68. The number of benzene rings is 1. The van der Waals surface area contributed by atoms with Crippen LogP contribution in [-0.4, -0.2) is 100 Å². The second-order valence-corrected chi connectivity index (χ2v) is 13.7. The van der Waals surface area contributed by atoms with Gasteiger partial charge in [-0.3, -0.25) is 14.4 Å². The van der Waals surface area contributed by atoms with Crippen molar-refractivity contribution in [3.63, 3.8) is 0 Å². The summed E-state index contributed by atoms with van der Waals surface area (Å²) in [5.41, 5.74) is 4.91. The van der Waals surface area contributed by atoms with Gasteiger partial charge in [0.2, 0.25) is 5.91 Å². The van der Waals surface area contributed by atoms with Crippen molar-refractivity contribution in [2.45, 2.75) is 68.9 Å². The number of nitrogens with zero attached hydrogens (tertiary/aromatic N) is 2. The largest absolute Gasteiger partial charge is 0.508 e. The smallest absolute Gasteiger partial charge is 0.230 e. The third kappa shape index (κ3) is 4.67. The number of aromatic hydroxyl groups is 1. The Hall–Kier alpha value is -3.61. The number of piperidine rings is 1. The first-order valence-corrected chi connectivity index (χ1v) is 14.6. The van der Waals surface area contributed by atoms with E-state index in [0.717, 1.165) is 12.1 Å². The SMILES string of the molecule is C=C1CC(Nc2cc(N(C)C)c3c(c2O)C(=O)C2=C(O)[C@]4(O)C(=O)C(C(N)=O)C(O)[C@@H](N(C)C)[C@@H]4C[C@@H]2C3)CC(C)(C)N1. The van der Waals surface area contributed by atoms with Gasteiger partial charge < -0.3 is 46.6 Å². The summed E-state index contributed by atoms with van der Waals surface area (Å²) in [6, 6.07) is 0.802. The monoisotopic (exact) mass is 597 g/mol. The summed E-state index contributed by atoms with van der Waals surface area (Å²) < 4.78 is 0. The Labute approximate surface area is 251 Å². The molecule has 0 spiro atoms. The molecule has 3 aliphatic carbocycles. The number of hydrogen-bond donors (Lipinski definition) is 7. The number of phenolic OH excluding ortho intramolecular Hbond substituents is 1. The third-order valence-electron chi connectivity index (χ3n) is 9.68. The molecule has 234 valence electrons.